The standard InChI is InChI=1S/C13H23N3O2/c1-15(2)11(17)8-16(3)13(18)12-10-6-4-5-9(10)7-14-12/h9-10,12,14H,4-8H2,1-3H3. The SMILES string of the molecule is CN(C)C(=O)CN(C)C(=O)C1NCC2CCCC21. The predicted octanol–water partition coefficient (Wildman–Crippen LogP) is -0.0789. The van der Waals surface area contributed by atoms with Gasteiger partial charge in [0.1, 0.15) is 0 Å². The normalized spacial score (nSPS) is 30.1. The fraction of sp³-hybridized carbons (Fsp3) is 0.846. The molecular formula is C13H23N3O2. The number of carbonyl (C=O) groups is 2. The maximum atomic E-state index is 12.3. The van der Waals surface area contributed by atoms with Crippen LogP contribution in [0.4, 0.5) is 0 Å². The Hall–Kier alpha value is -1.10. The lowest BCUT2D eigenvalue weighted by Crippen LogP contribution is -2.47. The summed E-state index contributed by atoms with van der Waals surface area (Å²) in [5.41, 5.74) is 0. The molecule has 2 fully saturated rings. The molecule has 5 heteroatoms. The highest BCUT2D eigenvalue weighted by Gasteiger charge is 2.43. The lowest BCUT2D eigenvalue weighted by molar-refractivity contribution is -0.139. The van der Waals surface area contributed by atoms with E-state index in [0.717, 1.165) is 13.0 Å². The van der Waals surface area contributed by atoms with Crippen molar-refractivity contribution in [2.24, 2.45) is 11.8 Å². The number of amides is 2. The second kappa shape index (κ2) is 5.26. The summed E-state index contributed by atoms with van der Waals surface area (Å²) in [5, 5.41) is 3.33. The maximum Gasteiger partial charge on any atom is 0.241 e. The van der Waals surface area contributed by atoms with Crippen LogP contribution in [0.15, 0.2) is 0 Å². The molecule has 18 heavy (non-hydrogen) atoms. The van der Waals surface area contributed by atoms with Crippen molar-refractivity contribution < 1.29 is 9.59 Å². The molecule has 3 atom stereocenters. The molecule has 1 aliphatic carbocycles. The fourth-order valence-corrected chi connectivity index (χ4v) is 3.12. The molecule has 2 amide bonds. The number of fused-ring (bicyclic) bond motifs is 1. The van der Waals surface area contributed by atoms with Crippen LogP contribution in [0.1, 0.15) is 19.3 Å². The molecule has 0 aromatic rings. The van der Waals surface area contributed by atoms with Gasteiger partial charge in [0.05, 0.1) is 12.6 Å². The van der Waals surface area contributed by atoms with E-state index in [0.29, 0.717) is 11.8 Å². The van der Waals surface area contributed by atoms with Gasteiger partial charge in [-0.05, 0) is 31.2 Å². The number of rotatable bonds is 3. The van der Waals surface area contributed by atoms with Crippen molar-refractivity contribution in [3.8, 4) is 0 Å². The summed E-state index contributed by atoms with van der Waals surface area (Å²) in [6, 6.07) is -0.0718. The Labute approximate surface area is 108 Å². The van der Waals surface area contributed by atoms with E-state index in [2.05, 4.69) is 5.32 Å². The third kappa shape index (κ3) is 2.51. The minimum absolute atomic E-state index is 0.0354. The summed E-state index contributed by atoms with van der Waals surface area (Å²) < 4.78 is 0. The molecule has 0 spiro atoms. The molecule has 1 N–H and O–H groups in total. The van der Waals surface area contributed by atoms with E-state index in [-0.39, 0.29) is 24.4 Å². The Morgan fingerprint density at radius 1 is 1.22 bits per heavy atom. The summed E-state index contributed by atoms with van der Waals surface area (Å²) in [5.74, 6) is 1.18. The first-order chi connectivity index (χ1) is 8.50. The number of likely N-dealkylation sites (N-methyl/N-ethyl adjacent to an activating group) is 2. The van der Waals surface area contributed by atoms with Crippen molar-refractivity contribution in [1.29, 1.82) is 0 Å². The number of nitrogens with one attached hydrogen (secondary N) is 1. The Balaban J connectivity index is 1.92. The van der Waals surface area contributed by atoms with Gasteiger partial charge in [-0.3, -0.25) is 9.59 Å². The van der Waals surface area contributed by atoms with Crippen molar-refractivity contribution in [3.05, 3.63) is 0 Å². The first-order valence-corrected chi connectivity index (χ1v) is 6.69. The van der Waals surface area contributed by atoms with Crippen molar-refractivity contribution >= 4 is 11.8 Å². The lowest BCUT2D eigenvalue weighted by atomic mass is 9.93. The van der Waals surface area contributed by atoms with Gasteiger partial charge in [-0.2, -0.15) is 0 Å². The van der Waals surface area contributed by atoms with Crippen LogP contribution < -0.4 is 5.32 Å². The van der Waals surface area contributed by atoms with Gasteiger partial charge in [-0.15, -0.1) is 0 Å². The van der Waals surface area contributed by atoms with Crippen LogP contribution in [0.2, 0.25) is 0 Å². The van der Waals surface area contributed by atoms with E-state index in [9.17, 15) is 9.59 Å². The van der Waals surface area contributed by atoms with Gasteiger partial charge in [-0.25, -0.2) is 0 Å². The first kappa shape index (κ1) is 13.3. The molecular weight excluding hydrogens is 230 g/mol. The summed E-state index contributed by atoms with van der Waals surface area (Å²) in [6.45, 7) is 1.12. The largest absolute Gasteiger partial charge is 0.347 e. The summed E-state index contributed by atoms with van der Waals surface area (Å²) >= 11 is 0. The van der Waals surface area contributed by atoms with Crippen LogP contribution in [-0.2, 0) is 9.59 Å². The number of nitrogens with zero attached hydrogens (tertiary/aromatic N) is 2. The van der Waals surface area contributed by atoms with E-state index in [4.69, 9.17) is 0 Å². The van der Waals surface area contributed by atoms with Crippen molar-refractivity contribution in [3.63, 3.8) is 0 Å². The van der Waals surface area contributed by atoms with Gasteiger partial charge in [0.25, 0.3) is 0 Å². The molecule has 1 aliphatic heterocycles. The topological polar surface area (TPSA) is 52.7 Å². The zero-order valence-electron chi connectivity index (χ0n) is 11.5. The Bertz CT molecular complexity index is 343. The molecule has 5 nitrogen and oxygen atoms in total. The van der Waals surface area contributed by atoms with Gasteiger partial charge < -0.3 is 15.1 Å². The molecule has 3 unspecified atom stereocenters. The average Bonchev–Trinajstić information content (AvgIpc) is 2.89. The molecule has 1 saturated carbocycles. The van der Waals surface area contributed by atoms with Crippen molar-refractivity contribution in [2.45, 2.75) is 25.3 Å². The Morgan fingerprint density at radius 3 is 2.61 bits per heavy atom. The summed E-state index contributed by atoms with van der Waals surface area (Å²) in [6.07, 6.45) is 3.62. The first-order valence-electron chi connectivity index (χ1n) is 6.69. The van der Waals surface area contributed by atoms with E-state index in [1.807, 2.05) is 0 Å². The minimum atomic E-state index is -0.0718. The van der Waals surface area contributed by atoms with E-state index < -0.39 is 0 Å². The third-order valence-corrected chi connectivity index (χ3v) is 4.26. The molecule has 0 aromatic carbocycles. The van der Waals surface area contributed by atoms with E-state index >= 15 is 0 Å². The van der Waals surface area contributed by atoms with Crippen molar-refractivity contribution in [2.75, 3.05) is 34.2 Å². The smallest absolute Gasteiger partial charge is 0.241 e. The minimum Gasteiger partial charge on any atom is -0.347 e. The van der Waals surface area contributed by atoms with Crippen LogP contribution in [-0.4, -0.2) is 61.9 Å². The number of carbonyl (C=O) groups excluding carboxylic acids is 2. The van der Waals surface area contributed by atoms with Gasteiger partial charge >= 0.3 is 0 Å². The highest BCUT2D eigenvalue weighted by atomic mass is 16.2. The van der Waals surface area contributed by atoms with Crippen LogP contribution in [0.25, 0.3) is 0 Å². The van der Waals surface area contributed by atoms with Gasteiger partial charge in [0.2, 0.25) is 11.8 Å². The predicted molar refractivity (Wildman–Crippen MR) is 69.0 cm³/mol. The molecule has 1 heterocycles. The number of hydrogen-bond donors (Lipinski definition) is 1. The molecule has 0 bridgehead atoms. The molecule has 2 aliphatic rings. The quantitative estimate of drug-likeness (QED) is 0.765. The highest BCUT2D eigenvalue weighted by molar-refractivity contribution is 5.87. The second-order valence-corrected chi connectivity index (χ2v) is 5.72. The van der Waals surface area contributed by atoms with E-state index in [1.54, 1.807) is 26.0 Å². The van der Waals surface area contributed by atoms with E-state index in [1.165, 1.54) is 17.7 Å². The van der Waals surface area contributed by atoms with Crippen LogP contribution in [0, 0.1) is 11.8 Å². The maximum absolute atomic E-state index is 12.3. The summed E-state index contributed by atoms with van der Waals surface area (Å²) in [4.78, 5) is 27.0. The van der Waals surface area contributed by atoms with Crippen LogP contribution in [0.3, 0.4) is 0 Å². The monoisotopic (exact) mass is 253 g/mol. The Kier molecular flexibility index (Phi) is 3.90. The van der Waals surface area contributed by atoms with Crippen LogP contribution >= 0.6 is 0 Å². The zero-order valence-corrected chi connectivity index (χ0v) is 11.5. The van der Waals surface area contributed by atoms with Crippen LogP contribution in [0.5, 0.6) is 0 Å². The third-order valence-electron chi connectivity index (χ3n) is 4.26. The highest BCUT2D eigenvalue weighted by Crippen LogP contribution is 2.38. The zero-order chi connectivity index (χ0) is 13.3. The molecule has 102 valence electrons. The number of hydrogen-bond acceptors (Lipinski definition) is 3. The van der Waals surface area contributed by atoms with Gasteiger partial charge in [0.15, 0.2) is 0 Å². The average molecular weight is 253 g/mol. The Morgan fingerprint density at radius 2 is 1.94 bits per heavy atom. The molecule has 0 aromatic heterocycles. The molecule has 1 saturated heterocycles. The van der Waals surface area contributed by atoms with Crippen molar-refractivity contribution in [1.82, 2.24) is 15.1 Å². The van der Waals surface area contributed by atoms with Gasteiger partial charge in [0, 0.05) is 21.1 Å². The molecule has 2 rings (SSSR count). The van der Waals surface area contributed by atoms with Gasteiger partial charge in [-0.1, -0.05) is 6.42 Å². The molecule has 0 radical (unpaired) electrons. The summed E-state index contributed by atoms with van der Waals surface area (Å²) in [7, 11) is 5.14. The lowest BCUT2D eigenvalue weighted by Gasteiger charge is -2.25. The second-order valence-electron chi connectivity index (χ2n) is 5.72. The fourth-order valence-electron chi connectivity index (χ4n) is 3.12.